The highest BCUT2D eigenvalue weighted by molar-refractivity contribution is 7.47. The normalized spacial score (nSPS) is 14.7. The summed E-state index contributed by atoms with van der Waals surface area (Å²) in [6, 6.07) is 7.91. The van der Waals surface area contributed by atoms with E-state index >= 15 is 0 Å². The van der Waals surface area contributed by atoms with Gasteiger partial charge >= 0.3 is 7.82 Å². The van der Waals surface area contributed by atoms with Gasteiger partial charge in [0.25, 0.3) is 0 Å². The maximum absolute atomic E-state index is 12.6. The first-order valence-electron chi connectivity index (χ1n) is 15.2. The Morgan fingerprint density at radius 1 is 0.923 bits per heavy atom. The van der Waals surface area contributed by atoms with Gasteiger partial charge < -0.3 is 14.5 Å². The van der Waals surface area contributed by atoms with Crippen LogP contribution in [-0.4, -0.2) is 55.5 Å². The number of nitrogens with zero attached hydrogens (tertiary/aromatic N) is 1. The van der Waals surface area contributed by atoms with E-state index in [0.717, 1.165) is 24.3 Å². The lowest BCUT2D eigenvalue weighted by atomic mass is 9.94. The van der Waals surface area contributed by atoms with Crippen LogP contribution in [0.3, 0.4) is 0 Å². The molecule has 1 N–H and O–H groups in total. The van der Waals surface area contributed by atoms with Crippen molar-refractivity contribution in [1.29, 1.82) is 0 Å². The van der Waals surface area contributed by atoms with Crippen LogP contribution in [-0.2, 0) is 24.8 Å². The van der Waals surface area contributed by atoms with Crippen molar-refractivity contribution in [2.24, 2.45) is 5.92 Å². The molecule has 0 aliphatic carbocycles. The second kappa shape index (κ2) is 21.5. The Hall–Kier alpha value is -1.24. The maximum Gasteiger partial charge on any atom is 0.472 e. The first-order valence-corrected chi connectivity index (χ1v) is 16.7. The van der Waals surface area contributed by atoms with Crippen molar-refractivity contribution in [2.75, 3.05) is 33.9 Å². The Kier molecular flexibility index (Phi) is 19.7. The van der Waals surface area contributed by atoms with E-state index < -0.39 is 13.9 Å². The van der Waals surface area contributed by atoms with Crippen molar-refractivity contribution < 1.29 is 28.0 Å². The van der Waals surface area contributed by atoms with Crippen LogP contribution in [0.1, 0.15) is 110 Å². The Bertz CT molecular complexity index is 801. The Morgan fingerprint density at radius 3 is 2.05 bits per heavy atom. The molecule has 3 atom stereocenters. The van der Waals surface area contributed by atoms with Gasteiger partial charge in [0.2, 0.25) is 0 Å². The summed E-state index contributed by atoms with van der Waals surface area (Å²) in [6.45, 7) is 7.21. The van der Waals surface area contributed by atoms with Crippen molar-refractivity contribution in [3.8, 4) is 5.75 Å². The quantitative estimate of drug-likeness (QED) is 0.0943. The van der Waals surface area contributed by atoms with Crippen LogP contribution in [0.4, 0.5) is 0 Å². The molecule has 7 nitrogen and oxygen atoms in total. The fourth-order valence-electron chi connectivity index (χ4n) is 4.55. The summed E-state index contributed by atoms with van der Waals surface area (Å²) in [5.74, 6) is 0.730. The fraction of sp³-hybridized carbons (Fsp3) is 0.774. The molecule has 0 saturated heterocycles. The van der Waals surface area contributed by atoms with Gasteiger partial charge in [-0.05, 0) is 57.0 Å². The van der Waals surface area contributed by atoms with Gasteiger partial charge in [-0.25, -0.2) is 4.57 Å². The van der Waals surface area contributed by atoms with Crippen LogP contribution < -0.4 is 4.74 Å². The molecule has 0 fully saturated rings. The minimum atomic E-state index is -4.23. The summed E-state index contributed by atoms with van der Waals surface area (Å²) in [7, 11) is -0.459. The van der Waals surface area contributed by atoms with Crippen molar-refractivity contribution in [3.63, 3.8) is 0 Å². The molecule has 1 aromatic carbocycles. The predicted molar refractivity (Wildman–Crippen MR) is 160 cm³/mol. The minimum Gasteiger partial charge on any atom is -0.494 e. The number of hydrogen-bond acceptors (Lipinski definition) is 6. The average Bonchev–Trinajstić information content (AvgIpc) is 2.90. The molecule has 3 unspecified atom stereocenters. The van der Waals surface area contributed by atoms with E-state index in [0.29, 0.717) is 32.2 Å². The molecular formula is C31H56NO6P. The van der Waals surface area contributed by atoms with Crippen molar-refractivity contribution in [3.05, 3.63) is 29.8 Å². The smallest absolute Gasteiger partial charge is 0.472 e. The molecule has 1 rings (SSSR count). The van der Waals surface area contributed by atoms with Crippen LogP contribution in [0.5, 0.6) is 5.75 Å². The monoisotopic (exact) mass is 569 g/mol. The third-order valence-corrected chi connectivity index (χ3v) is 7.94. The first-order chi connectivity index (χ1) is 18.7. The number of phosphoric acid groups is 1. The lowest BCUT2D eigenvalue weighted by Gasteiger charge is -2.24. The number of likely N-dealkylation sites (N-methyl/N-ethyl adjacent to an activating group) is 1. The molecule has 0 aromatic heterocycles. The summed E-state index contributed by atoms with van der Waals surface area (Å²) < 4.78 is 29.2. The van der Waals surface area contributed by atoms with Crippen LogP contribution in [0.15, 0.2) is 24.3 Å². The van der Waals surface area contributed by atoms with E-state index in [1.54, 1.807) is 0 Å². The summed E-state index contributed by atoms with van der Waals surface area (Å²) in [6.07, 6.45) is 14.5. The maximum atomic E-state index is 12.6. The molecule has 0 bridgehead atoms. The second-order valence-electron chi connectivity index (χ2n) is 11.0. The number of carbonyl (C=O) groups excluding carboxylic acids is 1. The average molecular weight is 570 g/mol. The zero-order chi connectivity index (χ0) is 28.9. The van der Waals surface area contributed by atoms with E-state index in [9.17, 15) is 14.3 Å². The van der Waals surface area contributed by atoms with Crippen molar-refractivity contribution in [2.45, 2.75) is 117 Å². The van der Waals surface area contributed by atoms with E-state index in [4.69, 9.17) is 13.8 Å². The van der Waals surface area contributed by atoms with E-state index in [1.165, 1.54) is 57.8 Å². The highest BCUT2D eigenvalue weighted by atomic mass is 31.2. The Morgan fingerprint density at radius 2 is 1.51 bits per heavy atom. The number of benzene rings is 1. The standard InChI is InChI=1S/C31H56NO6P/c1-6-9-10-11-12-13-14-15-16-17-22-36-31-20-18-27(19-21-31)23-28(24-29(33)7-2)26-37-39(34,35)38-30(8-3)25-32(4)5/h18-21,28,30H,6-17,22-26H2,1-5H3,(H,34,35). The SMILES string of the molecule is CCCCCCCCCCCCOc1ccc(CC(COP(=O)(O)OC(CC)CN(C)C)CC(=O)CC)cc1. The number of rotatable bonds is 25. The Balaban J connectivity index is 2.45. The number of phosphoric ester groups is 1. The van der Waals surface area contributed by atoms with Crippen LogP contribution in [0, 0.1) is 5.92 Å². The third-order valence-electron chi connectivity index (χ3n) is 6.90. The highest BCUT2D eigenvalue weighted by Crippen LogP contribution is 2.45. The molecule has 8 heteroatoms. The number of unbranched alkanes of at least 4 members (excludes halogenated alkanes) is 9. The lowest BCUT2D eigenvalue weighted by Crippen LogP contribution is -2.27. The number of hydrogen-bond donors (Lipinski definition) is 1. The van der Waals surface area contributed by atoms with Gasteiger partial charge in [0.05, 0.1) is 19.3 Å². The molecule has 0 heterocycles. The molecule has 1 aromatic rings. The lowest BCUT2D eigenvalue weighted by molar-refractivity contribution is -0.120. The fourth-order valence-corrected chi connectivity index (χ4v) is 5.61. The van der Waals surface area contributed by atoms with Crippen LogP contribution >= 0.6 is 7.82 Å². The van der Waals surface area contributed by atoms with Gasteiger partial charge in [-0.3, -0.25) is 13.8 Å². The van der Waals surface area contributed by atoms with Gasteiger partial charge in [-0.15, -0.1) is 0 Å². The van der Waals surface area contributed by atoms with Gasteiger partial charge in [-0.1, -0.05) is 90.7 Å². The number of ether oxygens (including phenoxy) is 1. The van der Waals surface area contributed by atoms with Gasteiger partial charge in [0, 0.05) is 19.4 Å². The molecule has 0 aliphatic heterocycles. The number of Topliss-reactive ketones (excluding diaryl/α,β-unsaturated/α-hetero) is 1. The molecular weight excluding hydrogens is 513 g/mol. The Labute approximate surface area is 238 Å². The van der Waals surface area contributed by atoms with Gasteiger partial charge in [-0.2, -0.15) is 0 Å². The van der Waals surface area contributed by atoms with E-state index in [2.05, 4.69) is 6.92 Å². The van der Waals surface area contributed by atoms with E-state index in [-0.39, 0.29) is 18.3 Å². The zero-order valence-corrected chi connectivity index (χ0v) is 26.3. The number of carbonyl (C=O) groups is 1. The topological polar surface area (TPSA) is 85.3 Å². The van der Waals surface area contributed by atoms with Crippen LogP contribution in [0.2, 0.25) is 0 Å². The summed E-state index contributed by atoms with van der Waals surface area (Å²) in [5.41, 5.74) is 1.03. The zero-order valence-electron chi connectivity index (χ0n) is 25.4. The van der Waals surface area contributed by atoms with Crippen molar-refractivity contribution in [1.82, 2.24) is 4.90 Å². The van der Waals surface area contributed by atoms with Gasteiger partial charge in [0.1, 0.15) is 11.5 Å². The summed E-state index contributed by atoms with van der Waals surface area (Å²) >= 11 is 0. The third kappa shape index (κ3) is 18.7. The molecule has 0 radical (unpaired) electrons. The summed E-state index contributed by atoms with van der Waals surface area (Å²) in [5, 5.41) is 0. The molecule has 39 heavy (non-hydrogen) atoms. The number of ketones is 1. The second-order valence-corrected chi connectivity index (χ2v) is 12.4. The molecule has 0 amide bonds. The molecule has 0 saturated carbocycles. The molecule has 0 aliphatic rings. The largest absolute Gasteiger partial charge is 0.494 e. The van der Waals surface area contributed by atoms with E-state index in [1.807, 2.05) is 57.1 Å². The summed E-state index contributed by atoms with van der Waals surface area (Å²) in [4.78, 5) is 24.3. The first kappa shape index (κ1) is 35.8. The molecule has 0 spiro atoms. The predicted octanol–water partition coefficient (Wildman–Crippen LogP) is 7.99. The van der Waals surface area contributed by atoms with Gasteiger partial charge in [0.15, 0.2) is 0 Å². The highest BCUT2D eigenvalue weighted by Gasteiger charge is 2.28. The van der Waals surface area contributed by atoms with Crippen LogP contribution in [0.25, 0.3) is 0 Å². The van der Waals surface area contributed by atoms with Crippen molar-refractivity contribution >= 4 is 13.6 Å². The molecule has 226 valence electrons. The minimum absolute atomic E-state index is 0.0189.